The zero-order chi connectivity index (χ0) is 20.9. The van der Waals surface area contributed by atoms with E-state index in [9.17, 15) is 28.4 Å². The van der Waals surface area contributed by atoms with Crippen LogP contribution in [0.15, 0.2) is 23.1 Å². The average molecular weight is 413 g/mol. The fourth-order valence-electron chi connectivity index (χ4n) is 3.26. The lowest BCUT2D eigenvalue weighted by Crippen LogP contribution is -2.32. The van der Waals surface area contributed by atoms with Crippen molar-refractivity contribution in [3.8, 4) is 0 Å². The second-order valence-electron chi connectivity index (χ2n) is 7.42. The summed E-state index contributed by atoms with van der Waals surface area (Å²) < 4.78 is 27.1. The first-order valence-corrected chi connectivity index (χ1v) is 10.8. The van der Waals surface area contributed by atoms with Gasteiger partial charge < -0.3 is 10.4 Å². The lowest BCUT2D eigenvalue weighted by atomic mass is 10.0. The number of nitro benzene ring substituents is 1. The van der Waals surface area contributed by atoms with Gasteiger partial charge in [0.1, 0.15) is 11.7 Å². The number of carboxylic acids is 1. The van der Waals surface area contributed by atoms with Crippen molar-refractivity contribution in [1.29, 1.82) is 0 Å². The standard InChI is InChI=1S/C18H27N3O6S/c1-13(2)11-16(18(22)23)19-15-8-7-14(12-17(15)21(24)25)28(26,27)20-9-5-3-4-6-10-20/h7-8,12-13,16,19H,3-6,9-11H2,1-2H3,(H,22,23)/t16-/m1/s1. The monoisotopic (exact) mass is 413 g/mol. The van der Waals surface area contributed by atoms with E-state index in [4.69, 9.17) is 0 Å². The molecule has 9 nitrogen and oxygen atoms in total. The van der Waals surface area contributed by atoms with E-state index in [-0.39, 0.29) is 22.9 Å². The highest BCUT2D eigenvalue weighted by molar-refractivity contribution is 7.89. The number of carbonyl (C=O) groups is 1. The number of nitrogens with one attached hydrogen (secondary N) is 1. The van der Waals surface area contributed by atoms with Crippen LogP contribution >= 0.6 is 0 Å². The fourth-order valence-corrected chi connectivity index (χ4v) is 4.79. The Morgan fingerprint density at radius 1 is 1.25 bits per heavy atom. The SMILES string of the molecule is CC(C)C[C@@H](Nc1ccc(S(=O)(=O)N2CCCCCC2)cc1[N+](=O)[O-])C(=O)O. The molecule has 0 radical (unpaired) electrons. The van der Waals surface area contributed by atoms with Gasteiger partial charge in [-0.2, -0.15) is 4.31 Å². The van der Waals surface area contributed by atoms with E-state index in [1.54, 1.807) is 0 Å². The normalized spacial score (nSPS) is 17.1. The van der Waals surface area contributed by atoms with Crippen LogP contribution in [0.5, 0.6) is 0 Å². The molecule has 0 bridgehead atoms. The summed E-state index contributed by atoms with van der Waals surface area (Å²) in [5.74, 6) is -1.06. The molecule has 2 rings (SSSR count). The van der Waals surface area contributed by atoms with Crippen molar-refractivity contribution in [2.45, 2.75) is 56.9 Å². The Hall–Kier alpha value is -2.20. The molecule has 1 aliphatic rings. The Morgan fingerprint density at radius 3 is 2.36 bits per heavy atom. The Bertz CT molecular complexity index is 817. The summed E-state index contributed by atoms with van der Waals surface area (Å²) in [6.07, 6.45) is 3.72. The van der Waals surface area contributed by atoms with Gasteiger partial charge >= 0.3 is 5.97 Å². The summed E-state index contributed by atoms with van der Waals surface area (Å²) in [5.41, 5.74) is -0.459. The maximum atomic E-state index is 12.9. The molecule has 1 saturated heterocycles. The van der Waals surface area contributed by atoms with Crippen LogP contribution in [0.25, 0.3) is 0 Å². The third-order valence-corrected chi connectivity index (χ3v) is 6.60. The molecule has 28 heavy (non-hydrogen) atoms. The van der Waals surface area contributed by atoms with Crippen molar-refractivity contribution in [2.75, 3.05) is 18.4 Å². The lowest BCUT2D eigenvalue weighted by molar-refractivity contribution is -0.384. The van der Waals surface area contributed by atoms with Gasteiger partial charge in [-0.3, -0.25) is 10.1 Å². The topological polar surface area (TPSA) is 130 Å². The average Bonchev–Trinajstić information content (AvgIpc) is 2.90. The molecule has 0 unspecified atom stereocenters. The summed E-state index contributed by atoms with van der Waals surface area (Å²) in [4.78, 5) is 22.1. The van der Waals surface area contributed by atoms with Gasteiger partial charge in [0.15, 0.2) is 0 Å². The summed E-state index contributed by atoms with van der Waals surface area (Å²) in [6.45, 7) is 4.49. The van der Waals surface area contributed by atoms with Crippen molar-refractivity contribution in [3.05, 3.63) is 28.3 Å². The number of benzene rings is 1. The number of hydrogen-bond acceptors (Lipinski definition) is 6. The van der Waals surface area contributed by atoms with Crippen LogP contribution in [0.2, 0.25) is 0 Å². The molecule has 10 heteroatoms. The molecule has 1 aliphatic heterocycles. The molecule has 1 heterocycles. The van der Waals surface area contributed by atoms with E-state index in [0.717, 1.165) is 31.7 Å². The van der Waals surface area contributed by atoms with Crippen LogP contribution in [-0.2, 0) is 14.8 Å². The molecular formula is C18H27N3O6S. The minimum atomic E-state index is -3.84. The summed E-state index contributed by atoms with van der Waals surface area (Å²) in [7, 11) is -3.84. The van der Waals surface area contributed by atoms with Gasteiger partial charge in [-0.05, 0) is 37.3 Å². The second kappa shape index (κ2) is 9.33. The maximum absolute atomic E-state index is 12.9. The molecule has 1 atom stereocenters. The van der Waals surface area contributed by atoms with Gasteiger partial charge in [0.2, 0.25) is 10.0 Å². The fraction of sp³-hybridized carbons (Fsp3) is 0.611. The van der Waals surface area contributed by atoms with Crippen molar-refractivity contribution >= 4 is 27.4 Å². The molecule has 0 aromatic heterocycles. The number of nitro groups is 1. The number of rotatable bonds is 8. The van der Waals surface area contributed by atoms with Gasteiger partial charge in [-0.25, -0.2) is 13.2 Å². The van der Waals surface area contributed by atoms with E-state index in [2.05, 4.69) is 5.32 Å². The number of sulfonamides is 1. The summed E-state index contributed by atoms with van der Waals surface area (Å²) >= 11 is 0. The zero-order valence-corrected chi connectivity index (χ0v) is 16.9. The molecule has 2 N–H and O–H groups in total. The van der Waals surface area contributed by atoms with E-state index >= 15 is 0 Å². The van der Waals surface area contributed by atoms with Crippen LogP contribution in [0.1, 0.15) is 46.0 Å². The van der Waals surface area contributed by atoms with Crippen LogP contribution < -0.4 is 5.32 Å². The van der Waals surface area contributed by atoms with Gasteiger partial charge in [0, 0.05) is 19.2 Å². The molecule has 0 spiro atoms. The molecule has 0 aliphatic carbocycles. The summed E-state index contributed by atoms with van der Waals surface area (Å²) in [5, 5.41) is 23.6. The van der Waals surface area contributed by atoms with Crippen molar-refractivity contribution in [3.63, 3.8) is 0 Å². The molecule has 0 amide bonds. The third-order valence-electron chi connectivity index (χ3n) is 4.70. The number of anilines is 1. The predicted octanol–water partition coefficient (Wildman–Crippen LogP) is 3.07. The van der Waals surface area contributed by atoms with Crippen LogP contribution in [0, 0.1) is 16.0 Å². The number of nitrogens with zero attached hydrogens (tertiary/aromatic N) is 2. The highest BCUT2D eigenvalue weighted by Crippen LogP contribution is 2.31. The predicted molar refractivity (Wildman–Crippen MR) is 105 cm³/mol. The van der Waals surface area contributed by atoms with Gasteiger partial charge in [0.05, 0.1) is 9.82 Å². The first-order chi connectivity index (χ1) is 13.1. The van der Waals surface area contributed by atoms with Crippen LogP contribution in [0.3, 0.4) is 0 Å². The Morgan fingerprint density at radius 2 is 1.86 bits per heavy atom. The van der Waals surface area contributed by atoms with E-state index in [0.29, 0.717) is 13.1 Å². The Labute approximate surface area is 164 Å². The van der Waals surface area contributed by atoms with Crippen molar-refractivity contribution < 1.29 is 23.2 Å². The maximum Gasteiger partial charge on any atom is 0.326 e. The first kappa shape index (κ1) is 22.1. The molecular weight excluding hydrogens is 386 g/mol. The number of carboxylic acid groups (broad SMARTS) is 1. The lowest BCUT2D eigenvalue weighted by Gasteiger charge is -2.21. The molecule has 156 valence electrons. The minimum Gasteiger partial charge on any atom is -0.480 e. The van der Waals surface area contributed by atoms with E-state index in [1.165, 1.54) is 16.4 Å². The van der Waals surface area contributed by atoms with Gasteiger partial charge in [-0.15, -0.1) is 0 Å². The Kier molecular flexibility index (Phi) is 7.36. The van der Waals surface area contributed by atoms with E-state index in [1.807, 2.05) is 13.8 Å². The minimum absolute atomic E-state index is 0.00661. The molecule has 1 fully saturated rings. The van der Waals surface area contributed by atoms with E-state index < -0.39 is 32.6 Å². The largest absolute Gasteiger partial charge is 0.480 e. The second-order valence-corrected chi connectivity index (χ2v) is 9.36. The summed E-state index contributed by atoms with van der Waals surface area (Å²) in [6, 6.07) is 2.58. The smallest absolute Gasteiger partial charge is 0.326 e. The van der Waals surface area contributed by atoms with Crippen LogP contribution in [-0.4, -0.2) is 47.9 Å². The number of aliphatic carboxylic acids is 1. The van der Waals surface area contributed by atoms with Crippen molar-refractivity contribution in [2.24, 2.45) is 5.92 Å². The Balaban J connectivity index is 2.36. The third kappa shape index (κ3) is 5.41. The first-order valence-electron chi connectivity index (χ1n) is 9.41. The molecule has 1 aromatic rings. The highest BCUT2D eigenvalue weighted by Gasteiger charge is 2.29. The highest BCUT2D eigenvalue weighted by atomic mass is 32.2. The number of hydrogen-bond donors (Lipinski definition) is 2. The van der Waals surface area contributed by atoms with Crippen LogP contribution in [0.4, 0.5) is 11.4 Å². The van der Waals surface area contributed by atoms with Crippen molar-refractivity contribution in [1.82, 2.24) is 4.31 Å². The molecule has 1 aromatic carbocycles. The zero-order valence-electron chi connectivity index (χ0n) is 16.1. The van der Waals surface area contributed by atoms with Gasteiger partial charge in [0.25, 0.3) is 5.69 Å². The molecule has 0 saturated carbocycles. The quantitative estimate of drug-likeness (QED) is 0.495. The van der Waals surface area contributed by atoms with Gasteiger partial charge in [-0.1, -0.05) is 26.7 Å².